The first-order valence-electron chi connectivity index (χ1n) is 9.56. The molecular weight excluding hydrogens is 432 g/mol. The molecule has 0 aromatic heterocycles. The molecule has 0 saturated carbocycles. The molecule has 0 spiro atoms. The number of thiocarbonyl (C=S) groups is 1. The molecule has 4 N–H and O–H groups in total. The smallest absolute Gasteiger partial charge is 0.250 e. The van der Waals surface area contributed by atoms with Gasteiger partial charge in [0.1, 0.15) is 0 Å². The van der Waals surface area contributed by atoms with Gasteiger partial charge in [0.25, 0.3) is 0 Å². The average molecular weight is 457 g/mol. The summed E-state index contributed by atoms with van der Waals surface area (Å²) in [5.74, 6) is -0.123. The Morgan fingerprint density at radius 1 is 0.906 bits per heavy atom. The first kappa shape index (κ1) is 24.4. The highest BCUT2D eigenvalue weighted by molar-refractivity contribution is 7.80. The number of benzene rings is 2. The van der Waals surface area contributed by atoms with E-state index in [1.807, 2.05) is 6.07 Å². The molecule has 0 heterocycles. The average Bonchev–Trinajstić information content (AvgIpc) is 2.80. The summed E-state index contributed by atoms with van der Waals surface area (Å²) in [6.45, 7) is 0. The van der Waals surface area contributed by atoms with Crippen LogP contribution in [0.2, 0.25) is 0 Å². The number of anilines is 1. The van der Waals surface area contributed by atoms with Crippen molar-refractivity contribution < 1.29 is 23.9 Å². The maximum absolute atomic E-state index is 12.0. The van der Waals surface area contributed by atoms with Crippen LogP contribution in [-0.4, -0.2) is 37.1 Å². The highest BCUT2D eigenvalue weighted by Gasteiger charge is 2.08. The number of carbonyl (C=O) groups excluding carboxylic acids is 3. The Balaban J connectivity index is 1.70. The number of rotatable bonds is 8. The number of nitrogens with one attached hydrogen (secondary N) is 4. The van der Waals surface area contributed by atoms with Crippen molar-refractivity contribution in [1.29, 1.82) is 0 Å². The zero-order chi connectivity index (χ0) is 23.3. The summed E-state index contributed by atoms with van der Waals surface area (Å²) in [5.41, 5.74) is 6.12. The van der Waals surface area contributed by atoms with Crippen LogP contribution in [0.3, 0.4) is 0 Å². The second kappa shape index (κ2) is 12.7. The number of carbonyl (C=O) groups is 3. The lowest BCUT2D eigenvalue weighted by molar-refractivity contribution is -0.124. The predicted molar refractivity (Wildman–Crippen MR) is 125 cm³/mol. The van der Waals surface area contributed by atoms with E-state index < -0.39 is 11.8 Å². The molecular formula is C22H24N4O5S. The first-order chi connectivity index (χ1) is 15.4. The van der Waals surface area contributed by atoms with Crippen molar-refractivity contribution in [1.82, 2.24) is 16.2 Å². The minimum atomic E-state index is -0.492. The van der Waals surface area contributed by atoms with Crippen molar-refractivity contribution in [2.24, 2.45) is 0 Å². The molecule has 2 aromatic rings. The summed E-state index contributed by atoms with van der Waals surface area (Å²) in [6.07, 6.45) is 2.80. The van der Waals surface area contributed by atoms with Crippen LogP contribution in [0.5, 0.6) is 11.5 Å². The summed E-state index contributed by atoms with van der Waals surface area (Å²) in [4.78, 5) is 35.7. The van der Waals surface area contributed by atoms with Crippen LogP contribution < -0.4 is 31.0 Å². The van der Waals surface area contributed by atoms with E-state index in [1.54, 1.807) is 48.5 Å². The van der Waals surface area contributed by atoms with Crippen molar-refractivity contribution in [2.45, 2.75) is 12.8 Å². The highest BCUT2D eigenvalue weighted by atomic mass is 32.1. The summed E-state index contributed by atoms with van der Waals surface area (Å²) in [6, 6.07) is 14.1. The van der Waals surface area contributed by atoms with E-state index in [2.05, 4.69) is 21.5 Å². The quantitative estimate of drug-likeness (QED) is 0.273. The Morgan fingerprint density at radius 3 is 2.28 bits per heavy atom. The number of hydrogen-bond acceptors (Lipinski definition) is 6. The Kier molecular flexibility index (Phi) is 9.67. The fraction of sp³-hybridized carbons (Fsp3) is 0.182. The first-order valence-corrected chi connectivity index (χ1v) is 9.97. The van der Waals surface area contributed by atoms with Gasteiger partial charge >= 0.3 is 0 Å². The third-order valence-corrected chi connectivity index (χ3v) is 4.23. The largest absolute Gasteiger partial charge is 0.493 e. The van der Waals surface area contributed by atoms with Crippen molar-refractivity contribution in [3.63, 3.8) is 0 Å². The maximum atomic E-state index is 12.0. The molecule has 10 heteroatoms. The molecule has 0 atom stereocenters. The highest BCUT2D eigenvalue weighted by Crippen LogP contribution is 2.27. The molecule has 0 radical (unpaired) electrons. The third kappa shape index (κ3) is 8.44. The number of amides is 3. The second-order valence-corrected chi connectivity index (χ2v) is 6.76. The van der Waals surface area contributed by atoms with Crippen LogP contribution in [0.15, 0.2) is 54.6 Å². The monoisotopic (exact) mass is 456 g/mol. The van der Waals surface area contributed by atoms with Gasteiger partial charge in [-0.2, -0.15) is 0 Å². The van der Waals surface area contributed by atoms with Crippen molar-refractivity contribution in [3.8, 4) is 11.5 Å². The van der Waals surface area contributed by atoms with Crippen LogP contribution >= 0.6 is 12.2 Å². The molecule has 0 unspecified atom stereocenters. The summed E-state index contributed by atoms with van der Waals surface area (Å²) >= 11 is 4.97. The van der Waals surface area contributed by atoms with Gasteiger partial charge in [0.05, 0.1) is 14.2 Å². The lowest BCUT2D eigenvalue weighted by Gasteiger charge is -2.10. The minimum absolute atomic E-state index is 0.00437. The van der Waals surface area contributed by atoms with Crippen molar-refractivity contribution >= 4 is 46.8 Å². The number of para-hydroxylation sites is 1. The van der Waals surface area contributed by atoms with E-state index in [-0.39, 0.29) is 23.9 Å². The zero-order valence-corrected chi connectivity index (χ0v) is 18.5. The van der Waals surface area contributed by atoms with Gasteiger partial charge in [-0.25, -0.2) is 0 Å². The van der Waals surface area contributed by atoms with Gasteiger partial charge in [0, 0.05) is 24.6 Å². The maximum Gasteiger partial charge on any atom is 0.250 e. The molecule has 0 saturated heterocycles. The Hall–Kier alpha value is -3.92. The van der Waals surface area contributed by atoms with Crippen LogP contribution in [0.1, 0.15) is 18.4 Å². The number of methoxy groups -OCH3 is 2. The van der Waals surface area contributed by atoms with E-state index in [4.69, 9.17) is 21.7 Å². The Bertz CT molecular complexity index is 995. The lowest BCUT2D eigenvalue weighted by atomic mass is 10.2. The molecule has 0 aliphatic rings. The lowest BCUT2D eigenvalue weighted by Crippen LogP contribution is -2.48. The van der Waals surface area contributed by atoms with E-state index >= 15 is 0 Å². The molecule has 0 aliphatic heterocycles. The van der Waals surface area contributed by atoms with Crippen molar-refractivity contribution in [2.75, 3.05) is 19.5 Å². The van der Waals surface area contributed by atoms with Crippen LogP contribution in [0.25, 0.3) is 6.08 Å². The number of hydrazine groups is 1. The molecule has 32 heavy (non-hydrogen) atoms. The fourth-order valence-corrected chi connectivity index (χ4v) is 2.63. The number of hydrogen-bond donors (Lipinski definition) is 4. The molecule has 0 bridgehead atoms. The fourth-order valence-electron chi connectivity index (χ4n) is 2.47. The molecule has 0 aliphatic carbocycles. The van der Waals surface area contributed by atoms with E-state index in [0.717, 1.165) is 5.56 Å². The predicted octanol–water partition coefficient (Wildman–Crippen LogP) is 2.16. The second-order valence-electron chi connectivity index (χ2n) is 6.35. The van der Waals surface area contributed by atoms with E-state index in [0.29, 0.717) is 17.2 Å². The molecule has 9 nitrogen and oxygen atoms in total. The Labute approximate surface area is 191 Å². The van der Waals surface area contributed by atoms with Crippen LogP contribution in [0.4, 0.5) is 5.69 Å². The minimum Gasteiger partial charge on any atom is -0.493 e. The summed E-state index contributed by atoms with van der Waals surface area (Å²) < 4.78 is 10.4. The van der Waals surface area contributed by atoms with Gasteiger partial charge in [0.15, 0.2) is 16.6 Å². The summed E-state index contributed by atoms with van der Waals surface area (Å²) in [5, 5.41) is 4.99. The van der Waals surface area contributed by atoms with Crippen molar-refractivity contribution in [3.05, 3.63) is 60.2 Å². The van der Waals surface area contributed by atoms with Gasteiger partial charge in [-0.15, -0.1) is 0 Å². The normalized spacial score (nSPS) is 10.2. The molecule has 168 valence electrons. The number of ether oxygens (including phenoxy) is 2. The van der Waals surface area contributed by atoms with Gasteiger partial charge < -0.3 is 14.8 Å². The SMILES string of the molecule is COc1ccc(/C=C/C(=O)NC(=S)NNC(=O)CCC(=O)Nc2ccccc2)cc1OC. The molecule has 3 amide bonds. The van der Waals surface area contributed by atoms with Crippen LogP contribution in [0, 0.1) is 0 Å². The van der Waals surface area contributed by atoms with Gasteiger partial charge in [0.2, 0.25) is 17.7 Å². The Morgan fingerprint density at radius 2 is 1.59 bits per heavy atom. The van der Waals surface area contributed by atoms with E-state index in [9.17, 15) is 14.4 Å². The van der Waals surface area contributed by atoms with E-state index in [1.165, 1.54) is 20.3 Å². The van der Waals surface area contributed by atoms with Crippen LogP contribution in [-0.2, 0) is 14.4 Å². The molecule has 2 aromatic carbocycles. The molecule has 2 rings (SSSR count). The van der Waals surface area contributed by atoms with Gasteiger partial charge in [-0.05, 0) is 48.1 Å². The topological polar surface area (TPSA) is 118 Å². The zero-order valence-electron chi connectivity index (χ0n) is 17.6. The summed E-state index contributed by atoms with van der Waals surface area (Å²) in [7, 11) is 3.05. The molecule has 0 fully saturated rings. The standard InChI is InChI=1S/C22H24N4O5S/c1-30-17-10-8-15(14-18(17)31-2)9-11-20(28)24-22(32)26-25-21(29)13-12-19(27)23-16-6-4-3-5-7-16/h3-11,14H,12-13H2,1-2H3,(H,23,27)(H,25,29)(H2,24,26,28,32)/b11-9+. The third-order valence-electron chi connectivity index (χ3n) is 4.02. The van der Waals surface area contributed by atoms with Gasteiger partial charge in [-0.3, -0.25) is 30.6 Å². The van der Waals surface area contributed by atoms with Gasteiger partial charge in [-0.1, -0.05) is 24.3 Å².